The Morgan fingerprint density at radius 2 is 1.88 bits per heavy atom. The van der Waals surface area contributed by atoms with E-state index in [4.69, 9.17) is 4.74 Å². The monoisotopic (exact) mass is 559 g/mol. The molecule has 2 aromatic carbocycles. The van der Waals surface area contributed by atoms with Crippen molar-refractivity contribution in [2.24, 2.45) is 0 Å². The highest BCUT2D eigenvalue weighted by molar-refractivity contribution is 14.1. The van der Waals surface area contributed by atoms with Crippen molar-refractivity contribution in [3.05, 3.63) is 56.2 Å². The van der Waals surface area contributed by atoms with E-state index in [0.717, 1.165) is 34.8 Å². The maximum atomic E-state index is 14.9. The number of anilines is 2. The third-order valence-electron chi connectivity index (χ3n) is 5.17. The van der Waals surface area contributed by atoms with Gasteiger partial charge < -0.3 is 20.5 Å². The normalized spacial score (nSPS) is 14.2. The lowest BCUT2D eigenvalue weighted by Crippen LogP contribution is -2.38. The Labute approximate surface area is 198 Å². The van der Waals surface area contributed by atoms with E-state index in [1.165, 1.54) is 0 Å². The topological polar surface area (TPSA) is 90.9 Å². The van der Waals surface area contributed by atoms with Gasteiger partial charge in [0.25, 0.3) is 5.91 Å². The smallest absolute Gasteiger partial charge is 0.337 e. The predicted octanol–water partition coefficient (Wildman–Crippen LogP) is 3.77. The van der Waals surface area contributed by atoms with E-state index in [0.29, 0.717) is 25.3 Å². The zero-order valence-corrected chi connectivity index (χ0v) is 19.7. The molecule has 7 nitrogen and oxygen atoms in total. The van der Waals surface area contributed by atoms with E-state index >= 15 is 0 Å². The van der Waals surface area contributed by atoms with Crippen LogP contribution in [0.15, 0.2) is 24.3 Å². The summed E-state index contributed by atoms with van der Waals surface area (Å²) in [5.74, 6) is -5.15. The number of carbonyl (C=O) groups is 2. The Bertz CT molecular complexity index is 1010. The van der Waals surface area contributed by atoms with Crippen LogP contribution in [0.5, 0.6) is 0 Å². The fraction of sp³-hybridized carbons (Fsp3) is 0.364. The molecular formula is C22H24F2IN3O4. The van der Waals surface area contributed by atoms with Gasteiger partial charge in [-0.05, 0) is 72.3 Å². The first-order valence-electron chi connectivity index (χ1n) is 10.1. The standard InChI is InChI=1S/C22H24F2IN3O4/c1-13-11-14(25)3-4-17(13)27-20-16(22(30)31)12-15(18(23)19(20)24)21(29)26-5-2-6-28-7-9-32-10-8-28/h3-4,11-12,27H,2,5-10H2,1H3,(H,26,29)(H,30,31). The zero-order chi connectivity index (χ0) is 23.3. The summed E-state index contributed by atoms with van der Waals surface area (Å²) in [5.41, 5.74) is -0.527. The first-order chi connectivity index (χ1) is 15.3. The minimum absolute atomic E-state index is 0.251. The van der Waals surface area contributed by atoms with Crippen LogP contribution in [0.1, 0.15) is 32.7 Å². The Balaban J connectivity index is 1.75. The van der Waals surface area contributed by atoms with Crippen molar-refractivity contribution in [3.8, 4) is 0 Å². The van der Waals surface area contributed by atoms with Gasteiger partial charge >= 0.3 is 5.97 Å². The summed E-state index contributed by atoms with van der Waals surface area (Å²) in [7, 11) is 0. The highest BCUT2D eigenvalue weighted by Crippen LogP contribution is 2.30. The summed E-state index contributed by atoms with van der Waals surface area (Å²) in [6.07, 6.45) is 0.618. The molecular weight excluding hydrogens is 535 g/mol. The number of carbonyl (C=O) groups excluding carboxylic acids is 1. The van der Waals surface area contributed by atoms with Crippen LogP contribution in [-0.2, 0) is 4.74 Å². The van der Waals surface area contributed by atoms with Crippen molar-refractivity contribution in [1.82, 2.24) is 10.2 Å². The molecule has 32 heavy (non-hydrogen) atoms. The number of nitrogens with zero attached hydrogens (tertiary/aromatic N) is 1. The Morgan fingerprint density at radius 1 is 1.16 bits per heavy atom. The number of morpholine rings is 1. The molecule has 1 saturated heterocycles. The average molecular weight is 559 g/mol. The summed E-state index contributed by atoms with van der Waals surface area (Å²) in [5, 5.41) is 14.8. The van der Waals surface area contributed by atoms with Gasteiger partial charge in [0.05, 0.1) is 30.0 Å². The van der Waals surface area contributed by atoms with Gasteiger partial charge in [-0.2, -0.15) is 0 Å². The number of hydrogen-bond donors (Lipinski definition) is 3. The molecule has 10 heteroatoms. The number of aryl methyl sites for hydroxylation is 1. The molecule has 0 aliphatic carbocycles. The second kappa shape index (κ2) is 11.0. The van der Waals surface area contributed by atoms with Gasteiger partial charge in [0.2, 0.25) is 0 Å². The van der Waals surface area contributed by atoms with Gasteiger partial charge in [-0.25, -0.2) is 13.6 Å². The number of carboxylic acid groups (broad SMARTS) is 1. The molecule has 3 N–H and O–H groups in total. The molecule has 0 radical (unpaired) electrons. The number of carboxylic acids is 1. The summed E-state index contributed by atoms with van der Waals surface area (Å²) in [6.45, 7) is 5.70. The molecule has 0 bridgehead atoms. The fourth-order valence-electron chi connectivity index (χ4n) is 3.41. The second-order valence-electron chi connectivity index (χ2n) is 7.43. The summed E-state index contributed by atoms with van der Waals surface area (Å²) >= 11 is 2.11. The lowest BCUT2D eigenvalue weighted by atomic mass is 10.0. The van der Waals surface area contributed by atoms with Crippen molar-refractivity contribution in [1.29, 1.82) is 0 Å². The number of aromatic carboxylic acids is 1. The van der Waals surface area contributed by atoms with Gasteiger partial charge in [0, 0.05) is 28.9 Å². The summed E-state index contributed by atoms with van der Waals surface area (Å²) < 4.78 is 35.8. The number of rotatable bonds is 8. The minimum atomic E-state index is -1.48. The van der Waals surface area contributed by atoms with E-state index in [2.05, 4.69) is 38.1 Å². The van der Waals surface area contributed by atoms with Gasteiger partial charge in [0.15, 0.2) is 11.6 Å². The maximum absolute atomic E-state index is 14.9. The van der Waals surface area contributed by atoms with Crippen LogP contribution in [0.25, 0.3) is 0 Å². The van der Waals surface area contributed by atoms with Gasteiger partial charge in [-0.15, -0.1) is 0 Å². The van der Waals surface area contributed by atoms with Crippen LogP contribution in [0, 0.1) is 22.1 Å². The minimum Gasteiger partial charge on any atom is -0.478 e. The quantitative estimate of drug-likeness (QED) is 0.337. The lowest BCUT2D eigenvalue weighted by Gasteiger charge is -2.26. The van der Waals surface area contributed by atoms with Crippen LogP contribution in [0.3, 0.4) is 0 Å². The van der Waals surface area contributed by atoms with Crippen LogP contribution < -0.4 is 10.6 Å². The van der Waals surface area contributed by atoms with Gasteiger partial charge in [0.1, 0.15) is 0 Å². The number of ether oxygens (including phenoxy) is 1. The number of hydrogen-bond acceptors (Lipinski definition) is 5. The molecule has 1 aliphatic heterocycles. The van der Waals surface area contributed by atoms with Gasteiger partial charge in [-0.1, -0.05) is 0 Å². The highest BCUT2D eigenvalue weighted by Gasteiger charge is 2.26. The molecule has 1 fully saturated rings. The van der Waals surface area contributed by atoms with Crippen molar-refractivity contribution in [2.75, 3.05) is 44.7 Å². The molecule has 0 aromatic heterocycles. The van der Waals surface area contributed by atoms with Crippen LogP contribution in [-0.4, -0.2) is 61.3 Å². The third kappa shape index (κ3) is 5.93. The maximum Gasteiger partial charge on any atom is 0.337 e. The number of nitrogens with one attached hydrogen (secondary N) is 2. The molecule has 3 rings (SSSR count). The second-order valence-corrected chi connectivity index (χ2v) is 8.67. The predicted molar refractivity (Wildman–Crippen MR) is 125 cm³/mol. The van der Waals surface area contributed by atoms with E-state index in [1.54, 1.807) is 19.1 Å². The Kier molecular flexibility index (Phi) is 8.38. The zero-order valence-electron chi connectivity index (χ0n) is 17.5. The molecule has 1 aliphatic rings. The Hall–Kier alpha value is -2.31. The van der Waals surface area contributed by atoms with E-state index in [-0.39, 0.29) is 6.54 Å². The summed E-state index contributed by atoms with van der Waals surface area (Å²) in [6, 6.07) is 6.08. The van der Waals surface area contributed by atoms with Crippen molar-refractivity contribution >= 4 is 45.8 Å². The highest BCUT2D eigenvalue weighted by atomic mass is 127. The fourth-order valence-corrected chi connectivity index (χ4v) is 4.06. The molecule has 0 unspecified atom stereocenters. The summed E-state index contributed by atoms with van der Waals surface area (Å²) in [4.78, 5) is 26.4. The first kappa shape index (κ1) is 24.3. The van der Waals surface area contributed by atoms with E-state index < -0.39 is 40.3 Å². The van der Waals surface area contributed by atoms with Crippen molar-refractivity contribution in [2.45, 2.75) is 13.3 Å². The molecule has 0 spiro atoms. The molecule has 1 amide bonds. The Morgan fingerprint density at radius 3 is 2.53 bits per heavy atom. The van der Waals surface area contributed by atoms with E-state index in [9.17, 15) is 23.5 Å². The lowest BCUT2D eigenvalue weighted by molar-refractivity contribution is 0.0374. The largest absolute Gasteiger partial charge is 0.478 e. The molecule has 1 heterocycles. The molecule has 0 atom stereocenters. The third-order valence-corrected chi connectivity index (χ3v) is 5.84. The SMILES string of the molecule is Cc1cc(I)ccc1Nc1c(C(=O)O)cc(C(=O)NCCCN2CCOCC2)c(F)c1F. The van der Waals surface area contributed by atoms with Crippen LogP contribution in [0.2, 0.25) is 0 Å². The average Bonchev–Trinajstić information content (AvgIpc) is 2.76. The molecule has 0 saturated carbocycles. The van der Waals surface area contributed by atoms with Crippen LogP contribution >= 0.6 is 22.6 Å². The molecule has 172 valence electrons. The first-order valence-corrected chi connectivity index (χ1v) is 11.2. The van der Waals surface area contributed by atoms with E-state index in [1.807, 2.05) is 6.07 Å². The van der Waals surface area contributed by atoms with Gasteiger partial charge in [-0.3, -0.25) is 9.69 Å². The van der Waals surface area contributed by atoms with Crippen molar-refractivity contribution in [3.63, 3.8) is 0 Å². The number of amides is 1. The van der Waals surface area contributed by atoms with Crippen molar-refractivity contribution < 1.29 is 28.2 Å². The molecule has 2 aromatic rings. The van der Waals surface area contributed by atoms with Crippen LogP contribution in [0.4, 0.5) is 20.2 Å². The number of halogens is 3. The number of benzene rings is 2.